The minimum Gasteiger partial charge on any atom is -0.444 e. The second-order valence-electron chi connectivity index (χ2n) is 9.19. The van der Waals surface area contributed by atoms with Crippen molar-refractivity contribution < 1.29 is 9.53 Å². The lowest BCUT2D eigenvalue weighted by molar-refractivity contribution is 0.0218. The van der Waals surface area contributed by atoms with Crippen LogP contribution in [0.5, 0.6) is 0 Å². The van der Waals surface area contributed by atoms with Gasteiger partial charge in [0.15, 0.2) is 0 Å². The van der Waals surface area contributed by atoms with Crippen LogP contribution < -0.4 is 4.90 Å². The Bertz CT molecular complexity index is 1140. The van der Waals surface area contributed by atoms with Crippen molar-refractivity contribution in [2.24, 2.45) is 0 Å². The summed E-state index contributed by atoms with van der Waals surface area (Å²) < 4.78 is 7.74. The van der Waals surface area contributed by atoms with Gasteiger partial charge in [-0.05, 0) is 63.6 Å². The van der Waals surface area contributed by atoms with Crippen LogP contribution in [0.3, 0.4) is 0 Å². The number of carbonyl (C=O) groups excluding carboxylic acids is 1. The molecule has 2 aromatic carbocycles. The molecule has 1 aromatic heterocycles. The average molecular weight is 475 g/mol. The second-order valence-corrected chi connectivity index (χ2v) is 10.0. The van der Waals surface area contributed by atoms with Crippen molar-refractivity contribution in [3.05, 3.63) is 58.1 Å². The number of fused-ring (bicyclic) bond motifs is 1. The molecule has 1 saturated heterocycles. The van der Waals surface area contributed by atoms with Crippen molar-refractivity contribution in [2.45, 2.75) is 45.9 Å². The summed E-state index contributed by atoms with van der Waals surface area (Å²) in [5, 5.41) is 1.32. The number of ether oxygens (including phenoxy) is 1. The lowest BCUT2D eigenvalue weighted by Gasteiger charge is -2.40. The van der Waals surface area contributed by atoms with E-state index >= 15 is 0 Å². The van der Waals surface area contributed by atoms with E-state index in [9.17, 15) is 4.79 Å². The van der Waals surface area contributed by atoms with Crippen LogP contribution >= 0.6 is 23.2 Å². The summed E-state index contributed by atoms with van der Waals surface area (Å²) in [5.41, 5.74) is 2.37. The van der Waals surface area contributed by atoms with Gasteiger partial charge in [0.25, 0.3) is 0 Å². The minimum atomic E-state index is -0.512. The molecule has 1 atom stereocenters. The molecule has 0 radical (unpaired) electrons. The third-order valence-corrected chi connectivity index (χ3v) is 6.11. The third kappa shape index (κ3) is 4.81. The molecule has 0 saturated carbocycles. The number of aromatic nitrogens is 2. The van der Waals surface area contributed by atoms with E-state index < -0.39 is 5.60 Å². The minimum absolute atomic E-state index is 0.0710. The third-order valence-electron chi connectivity index (χ3n) is 5.51. The summed E-state index contributed by atoms with van der Waals surface area (Å²) in [6.45, 7) is 10.1. The number of halogens is 2. The largest absolute Gasteiger partial charge is 0.444 e. The lowest BCUT2D eigenvalue weighted by atomic mass is 10.2. The Morgan fingerprint density at radius 3 is 2.62 bits per heavy atom. The van der Waals surface area contributed by atoms with Crippen LogP contribution in [0.2, 0.25) is 10.0 Å². The summed E-state index contributed by atoms with van der Waals surface area (Å²) in [4.78, 5) is 21.5. The zero-order valence-electron chi connectivity index (χ0n) is 18.8. The van der Waals surface area contributed by atoms with E-state index in [2.05, 4.69) is 22.5 Å². The number of hydrogen-bond acceptors (Lipinski definition) is 4. The van der Waals surface area contributed by atoms with Gasteiger partial charge in [0.2, 0.25) is 5.95 Å². The normalized spacial score (nSPS) is 17.1. The van der Waals surface area contributed by atoms with Gasteiger partial charge in [-0.15, -0.1) is 0 Å². The van der Waals surface area contributed by atoms with Gasteiger partial charge in [-0.1, -0.05) is 35.3 Å². The topological polar surface area (TPSA) is 50.6 Å². The monoisotopic (exact) mass is 474 g/mol. The maximum Gasteiger partial charge on any atom is 0.410 e. The summed E-state index contributed by atoms with van der Waals surface area (Å²) in [6, 6.07) is 13.6. The van der Waals surface area contributed by atoms with Crippen molar-refractivity contribution >= 4 is 46.3 Å². The van der Waals surface area contributed by atoms with Crippen molar-refractivity contribution in [3.8, 4) is 0 Å². The van der Waals surface area contributed by atoms with Gasteiger partial charge in [-0.25, -0.2) is 9.78 Å². The Labute approximate surface area is 198 Å². The second kappa shape index (κ2) is 8.83. The number of benzene rings is 2. The standard InChI is InChI=1S/C24H28Cl2N4O2/c1-16-14-28(23(31)32-24(2,3)4)11-12-29(16)22-27-20-7-5-6-8-21(20)30(22)15-17-13-18(25)9-10-19(17)26/h5-10,13,16H,11-12,14-15H2,1-4H3. The molecule has 3 aromatic rings. The van der Waals surface area contributed by atoms with Crippen molar-refractivity contribution in [2.75, 3.05) is 24.5 Å². The molecule has 0 N–H and O–H groups in total. The lowest BCUT2D eigenvalue weighted by Crippen LogP contribution is -2.55. The Morgan fingerprint density at radius 2 is 1.91 bits per heavy atom. The van der Waals surface area contributed by atoms with E-state index in [4.69, 9.17) is 32.9 Å². The highest BCUT2D eigenvalue weighted by Crippen LogP contribution is 2.29. The first-order valence-electron chi connectivity index (χ1n) is 10.8. The number of nitrogens with zero attached hydrogens (tertiary/aromatic N) is 4. The van der Waals surface area contributed by atoms with Gasteiger partial charge < -0.3 is 19.1 Å². The molecule has 32 heavy (non-hydrogen) atoms. The van der Waals surface area contributed by atoms with Gasteiger partial charge >= 0.3 is 6.09 Å². The first-order valence-corrected chi connectivity index (χ1v) is 11.5. The smallest absolute Gasteiger partial charge is 0.410 e. The Balaban J connectivity index is 1.64. The quantitative estimate of drug-likeness (QED) is 0.478. The van der Waals surface area contributed by atoms with Gasteiger partial charge in [0, 0.05) is 35.7 Å². The van der Waals surface area contributed by atoms with Gasteiger partial charge in [0.05, 0.1) is 17.6 Å². The Kier molecular flexibility index (Phi) is 6.28. The maximum atomic E-state index is 12.6. The highest BCUT2D eigenvalue weighted by molar-refractivity contribution is 6.33. The van der Waals surface area contributed by atoms with Gasteiger partial charge in [-0.2, -0.15) is 0 Å². The zero-order valence-corrected chi connectivity index (χ0v) is 20.3. The van der Waals surface area contributed by atoms with Crippen molar-refractivity contribution in [1.29, 1.82) is 0 Å². The van der Waals surface area contributed by atoms with Crippen molar-refractivity contribution in [3.63, 3.8) is 0 Å². The number of carbonyl (C=O) groups is 1. The van der Waals surface area contributed by atoms with Crippen molar-refractivity contribution in [1.82, 2.24) is 14.5 Å². The molecule has 8 heteroatoms. The fourth-order valence-electron chi connectivity index (χ4n) is 4.02. The van der Waals surface area contributed by atoms with Crippen LogP contribution in [0, 0.1) is 0 Å². The number of imidazole rings is 1. The first-order chi connectivity index (χ1) is 15.1. The van der Waals surface area contributed by atoms with Crippen LogP contribution in [0.15, 0.2) is 42.5 Å². The zero-order chi connectivity index (χ0) is 23.0. The summed E-state index contributed by atoms with van der Waals surface area (Å²) >= 11 is 12.7. The summed E-state index contributed by atoms with van der Waals surface area (Å²) in [7, 11) is 0. The van der Waals surface area contributed by atoms with Crippen LogP contribution in [0.4, 0.5) is 10.7 Å². The van der Waals surface area contributed by atoms with Gasteiger partial charge in [-0.3, -0.25) is 0 Å². The molecule has 1 aliphatic rings. The molecule has 1 unspecified atom stereocenters. The van der Waals surface area contributed by atoms with E-state index in [0.29, 0.717) is 36.2 Å². The van der Waals surface area contributed by atoms with Crippen LogP contribution in [-0.2, 0) is 11.3 Å². The number of hydrogen-bond donors (Lipinski definition) is 0. The molecule has 1 aliphatic heterocycles. The van der Waals surface area contributed by atoms with E-state index in [0.717, 1.165) is 22.5 Å². The van der Waals surface area contributed by atoms with E-state index in [1.165, 1.54) is 0 Å². The number of anilines is 1. The molecule has 4 rings (SSSR count). The molecule has 6 nitrogen and oxygen atoms in total. The Hall–Kier alpha value is -2.44. The highest BCUT2D eigenvalue weighted by atomic mass is 35.5. The molecule has 0 bridgehead atoms. The molecule has 170 valence electrons. The number of rotatable bonds is 3. The molecule has 2 heterocycles. The van der Waals surface area contributed by atoms with Crippen LogP contribution in [0.1, 0.15) is 33.3 Å². The highest BCUT2D eigenvalue weighted by Gasteiger charge is 2.32. The molecule has 1 fully saturated rings. The fraction of sp³-hybridized carbons (Fsp3) is 0.417. The van der Waals surface area contributed by atoms with E-state index in [-0.39, 0.29) is 12.1 Å². The predicted molar refractivity (Wildman–Crippen MR) is 130 cm³/mol. The average Bonchev–Trinajstić information content (AvgIpc) is 3.07. The maximum absolute atomic E-state index is 12.6. The molecular weight excluding hydrogens is 447 g/mol. The number of amides is 1. The van der Waals surface area contributed by atoms with E-state index in [1.54, 1.807) is 11.0 Å². The molecule has 0 spiro atoms. The number of piperazine rings is 1. The summed E-state index contributed by atoms with van der Waals surface area (Å²) in [5.74, 6) is 0.860. The number of para-hydroxylation sites is 2. The SMILES string of the molecule is CC1CN(C(=O)OC(C)(C)C)CCN1c1nc2ccccc2n1Cc1cc(Cl)ccc1Cl. The summed E-state index contributed by atoms with van der Waals surface area (Å²) in [6.07, 6.45) is -0.275. The molecule has 0 aliphatic carbocycles. The fourth-order valence-corrected chi connectivity index (χ4v) is 4.39. The van der Waals surface area contributed by atoms with E-state index in [1.807, 2.05) is 51.1 Å². The molecule has 1 amide bonds. The van der Waals surface area contributed by atoms with Gasteiger partial charge in [0.1, 0.15) is 5.60 Å². The first kappa shape index (κ1) is 22.7. The van der Waals surface area contributed by atoms with Crippen LogP contribution in [0.25, 0.3) is 11.0 Å². The Morgan fingerprint density at radius 1 is 1.16 bits per heavy atom. The van der Waals surface area contributed by atoms with Crippen LogP contribution in [-0.4, -0.2) is 51.8 Å². The predicted octanol–water partition coefficient (Wildman–Crippen LogP) is 5.84. The molecular formula is C24H28Cl2N4O2.